The number of fused-ring (bicyclic) bond motifs is 1. The molecule has 4 aliphatic heterocycles. The van der Waals surface area contributed by atoms with Crippen molar-refractivity contribution in [2.24, 2.45) is 0 Å². The van der Waals surface area contributed by atoms with E-state index in [1.807, 2.05) is 56.9 Å². The standard InChI is InChI=1S/C24H29N3O6S.C24H30N2O7S.C24H32N2O5S.C19H22BrNO6S.C4H9N.CH3.W/c1-4-33-21-14-16(10-11-20(21)32-2)19(15-34(3,30)31)27-18-9-7-8-17(22(18)25-24(27)29)23(28)26-12-5-6-13-26;1-4-33-22-15-17(10-11-21(22)32-2)19(16-34(3,30)31)14-18-8-7-9-20(23(18)26(28)29)24(27)25-12-5-6-13-25;1-4-31-22-15-17(10-11-21(22)30-2)19(16-32(3,28)29)14-18-8-7-9-20(23(18)25)24(27)26-12-5-6-13-26;1-4-27-18-11-13(8-9-17(18)26-2)15(12-28(3,24)25)10-14-6-5-7-16(20)19(14)21(22)23;1-2-4-5-3-1;;/h7-11,14,19H,4-6,12-13,15H2,1-3H3,(H,25,29);7-11,15,19H,4-6,12-14,16H2,1-3H3;7-11,15,19H,4-6,12-14,16,25H2,1-3H3;5-9,11,15H,4,10,12H2,1-3H3;5H,1-4H2;1H3;/q;;;;;-1;/t3*19-;15-;;;/m1111.../s1. The molecule has 33 nitrogen and oxygen atoms in total. The van der Waals surface area contributed by atoms with Crippen molar-refractivity contribution < 1.29 is 117 Å². The minimum Gasteiger partial charge on any atom is -0.493 e. The van der Waals surface area contributed by atoms with Crippen molar-refractivity contribution in [3.05, 3.63) is 244 Å². The zero-order chi connectivity index (χ0) is 97.1. The number of nitrogen functional groups attached to an aromatic ring is 1. The minimum absolute atomic E-state index is 0. The Bertz CT molecular complexity index is 6090. The van der Waals surface area contributed by atoms with Crippen LogP contribution in [0, 0.1) is 27.7 Å². The van der Waals surface area contributed by atoms with Crippen LogP contribution in [0.3, 0.4) is 0 Å². The average molecular weight is 2180 g/mol. The first-order chi connectivity index (χ1) is 63.3. The zero-order valence-corrected chi connectivity index (χ0v) is 86.5. The molecule has 135 heavy (non-hydrogen) atoms. The number of nitro benzene ring substituents is 2. The van der Waals surface area contributed by atoms with Gasteiger partial charge in [-0.2, -0.15) is 0 Å². The summed E-state index contributed by atoms with van der Waals surface area (Å²) in [6.07, 6.45) is 13.7. The van der Waals surface area contributed by atoms with Gasteiger partial charge in [-0.1, -0.05) is 66.7 Å². The van der Waals surface area contributed by atoms with Crippen molar-refractivity contribution in [2.75, 3.05) is 161 Å². The molecule has 4 aliphatic rings. The third kappa shape index (κ3) is 31.7. The number of hydrogen-bond acceptors (Lipinski definition) is 26. The van der Waals surface area contributed by atoms with Gasteiger partial charge in [-0.15, -0.1) is 0 Å². The van der Waals surface area contributed by atoms with Crippen LogP contribution in [-0.2, 0) is 79.7 Å². The Balaban J connectivity index is 0.000000240. The molecule has 0 spiro atoms. The molecule has 4 N–H and O–H groups in total. The maximum atomic E-state index is 13.2. The number of amides is 3. The number of methoxy groups -OCH3 is 4. The van der Waals surface area contributed by atoms with Crippen molar-refractivity contribution in [2.45, 2.75) is 122 Å². The van der Waals surface area contributed by atoms with Gasteiger partial charge in [-0.25, -0.2) is 38.5 Å². The van der Waals surface area contributed by atoms with E-state index in [-0.39, 0.29) is 105 Å². The molecule has 8 aromatic carbocycles. The summed E-state index contributed by atoms with van der Waals surface area (Å²) in [5, 5.41) is 26.8. The van der Waals surface area contributed by atoms with Crippen LogP contribution in [0.2, 0.25) is 0 Å². The largest absolute Gasteiger partial charge is 0.493 e. The van der Waals surface area contributed by atoms with E-state index in [0.717, 1.165) is 81.5 Å². The number of H-pyrrole nitrogens is 1. The number of imidazole rings is 1. The normalized spacial score (nSPS) is 14.5. The fourth-order valence-corrected chi connectivity index (χ4v) is 21.3. The number of aromatic nitrogens is 2. The van der Waals surface area contributed by atoms with Gasteiger partial charge < -0.3 is 76.1 Å². The number of carbonyl (C=O) groups is 3. The van der Waals surface area contributed by atoms with Gasteiger partial charge in [0.05, 0.1) is 120 Å². The number of hydrogen-bond donors (Lipinski definition) is 3. The summed E-state index contributed by atoms with van der Waals surface area (Å²) < 4.78 is 143. The Hall–Kier alpha value is -10.6. The Morgan fingerprint density at radius 2 is 0.748 bits per heavy atom. The summed E-state index contributed by atoms with van der Waals surface area (Å²) in [5.74, 6) is 1.44. The summed E-state index contributed by atoms with van der Waals surface area (Å²) in [5.41, 5.74) is 12.1. The second kappa shape index (κ2) is 52.1. The number of sulfone groups is 4. The molecule has 0 aliphatic carbocycles. The Labute approximate surface area is 814 Å². The molecule has 5 heterocycles. The second-order valence-corrected chi connectivity index (χ2v) is 42.5. The maximum absolute atomic E-state index is 13.2. The van der Waals surface area contributed by atoms with Gasteiger partial charge in [0, 0.05) is 120 Å². The summed E-state index contributed by atoms with van der Waals surface area (Å²) in [6.45, 7) is 15.5. The van der Waals surface area contributed by atoms with Gasteiger partial charge in [0.15, 0.2) is 46.0 Å². The predicted octanol–water partition coefficient (Wildman–Crippen LogP) is 14.5. The number of ether oxygens (including phenoxy) is 8. The Morgan fingerprint density at radius 3 is 1.10 bits per heavy atom. The molecular weight excluding hydrogens is 2060 g/mol. The number of nitrogens with one attached hydrogen (secondary N) is 2. The van der Waals surface area contributed by atoms with E-state index >= 15 is 0 Å². The van der Waals surface area contributed by atoms with Crippen molar-refractivity contribution in [3.8, 4) is 46.0 Å². The summed E-state index contributed by atoms with van der Waals surface area (Å²) >= 11 is 3.21. The van der Waals surface area contributed by atoms with Gasteiger partial charge in [0.1, 0.15) is 44.9 Å². The molecule has 39 heteroatoms. The van der Waals surface area contributed by atoms with Crippen LogP contribution < -0.4 is 54.6 Å². The van der Waals surface area contributed by atoms with Crippen molar-refractivity contribution >= 4 is 101 Å². The van der Waals surface area contributed by atoms with Gasteiger partial charge >= 0.3 is 5.69 Å². The van der Waals surface area contributed by atoms with E-state index in [1.165, 1.54) is 64.1 Å². The SMILES string of the molecule is C1CCNC1.CCOc1cc([C@@H](CS(C)(=O)=O)n2c(=O)[nH]c3c(C(=O)N4CCCC4)cccc32)ccc1OC.CCOc1cc([C@H](Cc2cccc(Br)c2[N+](=O)[O-])CS(C)(=O)=O)ccc1OC.CCOc1cc([C@H](Cc2cccc(C(=O)N3CCCC3)c2N)CS(C)(=O)=O)ccc1OC.CCOc1cc([C@H](Cc2cccc(C(=O)N3CCCC3)c2[N+](=O)[O-])CS(C)(=O)=O)ccc1OC.[CH3-].[W]. The number of rotatable bonds is 36. The van der Waals surface area contributed by atoms with E-state index in [2.05, 4.69) is 26.2 Å². The van der Waals surface area contributed by atoms with Crippen LogP contribution in [0.1, 0.15) is 173 Å². The molecule has 0 radical (unpaired) electrons. The quantitative estimate of drug-likeness (QED) is 0.0142. The molecule has 736 valence electrons. The van der Waals surface area contributed by atoms with Crippen molar-refractivity contribution in [1.29, 1.82) is 0 Å². The smallest absolute Gasteiger partial charge is 0.327 e. The number of halogens is 1. The topological polar surface area (TPSA) is 433 Å². The van der Waals surface area contributed by atoms with Gasteiger partial charge in [-0.3, -0.25) is 39.2 Å². The second-order valence-electron chi connectivity index (χ2n) is 32.9. The van der Waals surface area contributed by atoms with E-state index in [0.29, 0.717) is 165 Å². The van der Waals surface area contributed by atoms with E-state index in [4.69, 9.17) is 43.6 Å². The number of benzene rings is 8. The molecular formula is C96H125BrN9O24S4W-. The predicted molar refractivity (Wildman–Crippen MR) is 524 cm³/mol. The van der Waals surface area contributed by atoms with Gasteiger partial charge in [0.25, 0.3) is 29.1 Å². The fourth-order valence-electron chi connectivity index (χ4n) is 16.7. The van der Waals surface area contributed by atoms with E-state index < -0.39 is 72.8 Å². The molecule has 0 unspecified atom stereocenters. The molecule has 1 aromatic heterocycles. The van der Waals surface area contributed by atoms with Crippen molar-refractivity contribution in [3.63, 3.8) is 0 Å². The van der Waals surface area contributed by atoms with Crippen LogP contribution >= 0.6 is 15.9 Å². The van der Waals surface area contributed by atoms with Gasteiger partial charge in [-0.05, 0) is 234 Å². The molecule has 13 rings (SSSR count). The van der Waals surface area contributed by atoms with Crippen LogP contribution in [0.4, 0.5) is 17.1 Å². The molecule has 4 saturated heterocycles. The number of nitrogens with two attached hydrogens (primary N) is 1. The van der Waals surface area contributed by atoms with Crippen LogP contribution in [0.15, 0.2) is 155 Å². The molecule has 9 aromatic rings. The van der Waals surface area contributed by atoms with Crippen LogP contribution in [0.5, 0.6) is 46.0 Å². The first-order valence-electron chi connectivity index (χ1n) is 44.1. The molecule has 0 saturated carbocycles. The monoisotopic (exact) mass is 2180 g/mol. The third-order valence-corrected chi connectivity index (χ3v) is 27.3. The van der Waals surface area contributed by atoms with Crippen molar-refractivity contribution in [1.82, 2.24) is 29.6 Å². The molecule has 4 atom stereocenters. The number of para-hydroxylation sites is 4. The fraction of sp³-hybridized carbons (Fsp3) is 0.448. The molecule has 0 bridgehead atoms. The third-order valence-electron chi connectivity index (χ3n) is 22.8. The Kier molecular flexibility index (Phi) is 43.0. The number of anilines is 1. The van der Waals surface area contributed by atoms with Crippen LogP contribution in [0.25, 0.3) is 11.0 Å². The Morgan fingerprint density at radius 1 is 0.430 bits per heavy atom. The van der Waals surface area contributed by atoms with E-state index in [1.54, 1.807) is 132 Å². The minimum atomic E-state index is -3.48. The number of carbonyl (C=O) groups excluding carboxylic acids is 3. The van der Waals surface area contributed by atoms with E-state index in [9.17, 15) is 73.1 Å². The first-order valence-corrected chi connectivity index (χ1v) is 53.1. The average Bonchev–Trinajstić information content (AvgIpc) is 1.60. The number of nitro groups is 2. The summed E-state index contributed by atoms with van der Waals surface area (Å²) in [7, 11) is -7.39. The van der Waals surface area contributed by atoms with Gasteiger partial charge in [0.2, 0.25) is 0 Å². The summed E-state index contributed by atoms with van der Waals surface area (Å²) in [4.78, 5) is 82.8. The zero-order valence-electron chi connectivity index (χ0n) is 78.7. The molecule has 3 amide bonds. The maximum Gasteiger partial charge on any atom is 0.327 e. The number of aromatic amines is 1. The number of nitrogens with zero attached hydrogens (tertiary/aromatic N) is 6. The molecule has 4 fully saturated rings. The first kappa shape index (κ1) is 111. The number of likely N-dealkylation sites (tertiary alicyclic amines) is 3. The summed E-state index contributed by atoms with van der Waals surface area (Å²) in [6, 6.07) is 40.2. The van der Waals surface area contributed by atoms with Crippen LogP contribution in [-0.4, -0.2) is 241 Å².